The SMILES string of the molecule is CCC(=O)OC(C)OC1=C(C(=O)Nc2ccccn2)N(C)Sc2ccccc21. The van der Waals surface area contributed by atoms with Crippen molar-refractivity contribution < 1.29 is 19.1 Å². The monoisotopic (exact) mass is 399 g/mol. The number of pyridine rings is 1. The number of fused-ring (bicyclic) bond motifs is 1. The molecule has 0 saturated carbocycles. The standard InChI is InChI=1S/C20H21N3O4S/c1-4-17(24)26-13(2)27-19-14-9-5-6-10-15(14)28-23(3)18(19)20(25)22-16-11-7-8-12-21-16/h5-13H,4H2,1-3H3,(H,21,22,25). The molecule has 1 aliphatic rings. The lowest BCUT2D eigenvalue weighted by Crippen LogP contribution is -2.29. The highest BCUT2D eigenvalue weighted by Gasteiger charge is 2.31. The van der Waals surface area contributed by atoms with Gasteiger partial charge in [0.05, 0.1) is 0 Å². The Kier molecular flexibility index (Phi) is 6.20. The Morgan fingerprint density at radius 3 is 2.68 bits per heavy atom. The zero-order chi connectivity index (χ0) is 20.1. The number of likely N-dealkylation sites (N-methyl/N-ethyl adjacent to an activating group) is 1. The number of anilines is 1. The van der Waals surface area contributed by atoms with Crippen LogP contribution in [0.5, 0.6) is 0 Å². The van der Waals surface area contributed by atoms with Crippen molar-refractivity contribution in [1.29, 1.82) is 0 Å². The second-order valence-corrected chi connectivity index (χ2v) is 7.13. The van der Waals surface area contributed by atoms with E-state index in [9.17, 15) is 9.59 Å². The first-order valence-electron chi connectivity index (χ1n) is 8.83. The number of amides is 1. The number of hydrogen-bond acceptors (Lipinski definition) is 7. The lowest BCUT2D eigenvalue weighted by Gasteiger charge is -2.30. The summed E-state index contributed by atoms with van der Waals surface area (Å²) in [5, 5.41) is 2.78. The summed E-state index contributed by atoms with van der Waals surface area (Å²) >= 11 is 1.41. The molecule has 3 rings (SSSR count). The van der Waals surface area contributed by atoms with Crippen molar-refractivity contribution >= 4 is 35.4 Å². The minimum absolute atomic E-state index is 0.242. The van der Waals surface area contributed by atoms with Gasteiger partial charge in [0.25, 0.3) is 5.91 Å². The van der Waals surface area contributed by atoms with Crippen LogP contribution in [-0.4, -0.2) is 34.5 Å². The van der Waals surface area contributed by atoms with Crippen LogP contribution in [0, 0.1) is 0 Å². The number of benzene rings is 1. The third-order valence-corrected chi connectivity index (χ3v) is 4.90. The molecular weight excluding hydrogens is 378 g/mol. The molecule has 0 fully saturated rings. The van der Waals surface area contributed by atoms with Gasteiger partial charge in [-0.3, -0.25) is 9.59 Å². The topological polar surface area (TPSA) is 80.8 Å². The summed E-state index contributed by atoms with van der Waals surface area (Å²) in [6, 6.07) is 12.8. The van der Waals surface area contributed by atoms with Gasteiger partial charge in [0, 0.05) is 37.0 Å². The third-order valence-electron chi connectivity index (χ3n) is 3.89. The Labute approximate surface area is 167 Å². The number of ether oxygens (including phenoxy) is 2. The van der Waals surface area contributed by atoms with Gasteiger partial charge in [0.2, 0.25) is 6.29 Å². The fourth-order valence-electron chi connectivity index (χ4n) is 2.63. The number of rotatable bonds is 6. The summed E-state index contributed by atoms with van der Waals surface area (Å²) in [5.41, 5.74) is 1.07. The van der Waals surface area contributed by atoms with Crippen LogP contribution in [0.4, 0.5) is 5.82 Å². The minimum atomic E-state index is -0.843. The smallest absolute Gasteiger partial charge is 0.308 e. The quantitative estimate of drug-likeness (QED) is 0.451. The Morgan fingerprint density at radius 2 is 1.96 bits per heavy atom. The lowest BCUT2D eigenvalue weighted by molar-refractivity contribution is -0.163. The zero-order valence-electron chi connectivity index (χ0n) is 15.8. The molecule has 0 aliphatic carbocycles. The maximum atomic E-state index is 13.0. The predicted molar refractivity (Wildman–Crippen MR) is 107 cm³/mol. The predicted octanol–water partition coefficient (Wildman–Crippen LogP) is 3.66. The van der Waals surface area contributed by atoms with Crippen molar-refractivity contribution in [3.63, 3.8) is 0 Å². The molecule has 2 aromatic rings. The number of carbonyl (C=O) groups is 2. The van der Waals surface area contributed by atoms with E-state index in [-0.39, 0.29) is 18.3 Å². The lowest BCUT2D eigenvalue weighted by atomic mass is 10.1. The summed E-state index contributed by atoms with van der Waals surface area (Å²) in [7, 11) is 1.78. The van der Waals surface area contributed by atoms with Crippen molar-refractivity contribution in [3.05, 3.63) is 59.9 Å². The molecule has 1 atom stereocenters. The highest BCUT2D eigenvalue weighted by Crippen LogP contribution is 2.41. The van der Waals surface area contributed by atoms with E-state index in [1.165, 1.54) is 11.9 Å². The van der Waals surface area contributed by atoms with Gasteiger partial charge in [-0.15, -0.1) is 0 Å². The van der Waals surface area contributed by atoms with E-state index in [2.05, 4.69) is 10.3 Å². The molecule has 1 amide bonds. The molecule has 2 heterocycles. The average Bonchev–Trinajstić information content (AvgIpc) is 2.68. The molecule has 28 heavy (non-hydrogen) atoms. The number of nitrogens with zero attached hydrogens (tertiary/aromatic N) is 2. The fourth-order valence-corrected chi connectivity index (χ4v) is 3.58. The second kappa shape index (κ2) is 8.79. The molecule has 1 aromatic carbocycles. The van der Waals surface area contributed by atoms with E-state index in [0.717, 1.165) is 10.5 Å². The first-order chi connectivity index (χ1) is 13.5. The maximum Gasteiger partial charge on any atom is 0.308 e. The largest absolute Gasteiger partial charge is 0.452 e. The average molecular weight is 399 g/mol. The Balaban J connectivity index is 1.97. The Morgan fingerprint density at radius 1 is 1.21 bits per heavy atom. The third kappa shape index (κ3) is 4.45. The molecular formula is C20H21N3O4S. The normalized spacial score (nSPS) is 14.2. The summed E-state index contributed by atoms with van der Waals surface area (Å²) in [6.45, 7) is 3.33. The highest BCUT2D eigenvalue weighted by molar-refractivity contribution is 7.97. The van der Waals surface area contributed by atoms with Gasteiger partial charge in [-0.05, 0) is 36.2 Å². The number of aromatic nitrogens is 1. The van der Waals surface area contributed by atoms with Gasteiger partial charge in [-0.25, -0.2) is 4.98 Å². The highest BCUT2D eigenvalue weighted by atomic mass is 32.2. The van der Waals surface area contributed by atoms with E-state index in [0.29, 0.717) is 17.3 Å². The second-order valence-electron chi connectivity index (χ2n) is 5.96. The van der Waals surface area contributed by atoms with E-state index < -0.39 is 6.29 Å². The molecule has 1 aromatic heterocycles. The summed E-state index contributed by atoms with van der Waals surface area (Å²) < 4.78 is 12.9. The number of nitrogens with one attached hydrogen (secondary N) is 1. The summed E-state index contributed by atoms with van der Waals surface area (Å²) in [4.78, 5) is 29.7. The number of esters is 1. The van der Waals surface area contributed by atoms with Crippen LogP contribution in [0.25, 0.3) is 5.76 Å². The maximum absolute atomic E-state index is 13.0. The van der Waals surface area contributed by atoms with Crippen LogP contribution in [0.2, 0.25) is 0 Å². The zero-order valence-corrected chi connectivity index (χ0v) is 16.7. The fraction of sp³-hybridized carbons (Fsp3) is 0.250. The van der Waals surface area contributed by atoms with Crippen LogP contribution in [0.1, 0.15) is 25.8 Å². The van der Waals surface area contributed by atoms with Crippen LogP contribution in [0.15, 0.2) is 59.3 Å². The molecule has 8 heteroatoms. The first-order valence-corrected chi connectivity index (χ1v) is 9.60. The number of carbonyl (C=O) groups excluding carboxylic acids is 2. The summed E-state index contributed by atoms with van der Waals surface area (Å²) in [5.74, 6) is 0.0374. The molecule has 0 saturated heterocycles. The van der Waals surface area contributed by atoms with Crippen LogP contribution < -0.4 is 5.32 Å². The molecule has 146 valence electrons. The number of hydrogen-bond donors (Lipinski definition) is 1. The van der Waals surface area contributed by atoms with Crippen molar-refractivity contribution in [3.8, 4) is 0 Å². The van der Waals surface area contributed by atoms with Gasteiger partial charge >= 0.3 is 5.97 Å². The van der Waals surface area contributed by atoms with Crippen LogP contribution in [0.3, 0.4) is 0 Å². The van der Waals surface area contributed by atoms with Gasteiger partial charge in [-0.1, -0.05) is 25.1 Å². The molecule has 0 bridgehead atoms. The minimum Gasteiger partial charge on any atom is -0.452 e. The van der Waals surface area contributed by atoms with E-state index in [4.69, 9.17) is 9.47 Å². The first kappa shape index (κ1) is 19.8. The van der Waals surface area contributed by atoms with Crippen molar-refractivity contribution in [1.82, 2.24) is 9.29 Å². The van der Waals surface area contributed by atoms with Crippen molar-refractivity contribution in [2.75, 3.05) is 12.4 Å². The summed E-state index contributed by atoms with van der Waals surface area (Å²) in [6.07, 6.45) is 0.999. The van der Waals surface area contributed by atoms with Gasteiger partial charge in [0.1, 0.15) is 5.82 Å². The van der Waals surface area contributed by atoms with E-state index in [1.54, 1.807) is 49.6 Å². The van der Waals surface area contributed by atoms with Crippen molar-refractivity contribution in [2.24, 2.45) is 0 Å². The van der Waals surface area contributed by atoms with E-state index in [1.807, 2.05) is 24.3 Å². The van der Waals surface area contributed by atoms with Gasteiger partial charge in [-0.2, -0.15) is 0 Å². The van der Waals surface area contributed by atoms with Crippen LogP contribution >= 0.6 is 11.9 Å². The molecule has 1 unspecified atom stereocenters. The molecule has 1 aliphatic heterocycles. The molecule has 0 radical (unpaired) electrons. The van der Waals surface area contributed by atoms with Crippen molar-refractivity contribution in [2.45, 2.75) is 31.5 Å². The molecule has 1 N–H and O–H groups in total. The van der Waals surface area contributed by atoms with Crippen LogP contribution in [-0.2, 0) is 19.1 Å². The Bertz CT molecular complexity index is 901. The Hall–Kier alpha value is -3.00. The van der Waals surface area contributed by atoms with E-state index >= 15 is 0 Å². The van der Waals surface area contributed by atoms with Gasteiger partial charge in [0.15, 0.2) is 11.5 Å². The van der Waals surface area contributed by atoms with Gasteiger partial charge < -0.3 is 19.1 Å². The molecule has 7 nitrogen and oxygen atoms in total. The molecule has 0 spiro atoms.